The van der Waals surface area contributed by atoms with Crippen LogP contribution in [-0.4, -0.2) is 5.11 Å². The van der Waals surface area contributed by atoms with Crippen LogP contribution in [0, 0.1) is 0 Å². The summed E-state index contributed by atoms with van der Waals surface area (Å²) in [7, 11) is 0. The predicted octanol–water partition coefficient (Wildman–Crippen LogP) is 4.07. The molecule has 0 bridgehead atoms. The Labute approximate surface area is 93.8 Å². The molecule has 1 aromatic carbocycles. The second-order valence-corrected chi connectivity index (χ2v) is 3.35. The number of benzene rings is 1. The standard InChI is InChI=1S/C14H12O2/c1-2-5-12(15)8-9-13-10-11-6-3-4-7-14(11)16-13/h2-10,15H,1H2/b9-8+,12-5+. The first-order valence-corrected chi connectivity index (χ1v) is 4.98. The van der Waals surface area contributed by atoms with Gasteiger partial charge in [-0.25, -0.2) is 0 Å². The van der Waals surface area contributed by atoms with Gasteiger partial charge in [-0.3, -0.25) is 0 Å². The highest BCUT2D eigenvalue weighted by Crippen LogP contribution is 2.19. The van der Waals surface area contributed by atoms with Gasteiger partial charge in [0.1, 0.15) is 17.1 Å². The van der Waals surface area contributed by atoms with E-state index in [2.05, 4.69) is 6.58 Å². The van der Waals surface area contributed by atoms with Crippen molar-refractivity contribution >= 4 is 17.0 Å². The van der Waals surface area contributed by atoms with E-state index in [-0.39, 0.29) is 5.76 Å². The van der Waals surface area contributed by atoms with Crippen LogP contribution in [-0.2, 0) is 0 Å². The van der Waals surface area contributed by atoms with E-state index in [1.54, 1.807) is 12.2 Å². The molecule has 2 heteroatoms. The molecule has 80 valence electrons. The van der Waals surface area contributed by atoms with Crippen LogP contribution < -0.4 is 0 Å². The topological polar surface area (TPSA) is 33.4 Å². The molecule has 0 fully saturated rings. The predicted molar refractivity (Wildman–Crippen MR) is 66.2 cm³/mol. The first kappa shape index (κ1) is 10.3. The second kappa shape index (κ2) is 4.53. The zero-order chi connectivity index (χ0) is 11.4. The van der Waals surface area contributed by atoms with Gasteiger partial charge in [0.2, 0.25) is 0 Å². The maximum absolute atomic E-state index is 9.35. The number of aliphatic hydroxyl groups is 1. The van der Waals surface area contributed by atoms with Crippen LogP contribution in [0.3, 0.4) is 0 Å². The highest BCUT2D eigenvalue weighted by atomic mass is 16.3. The van der Waals surface area contributed by atoms with Crippen molar-refractivity contribution in [2.75, 3.05) is 0 Å². The van der Waals surface area contributed by atoms with Crippen molar-refractivity contribution in [2.24, 2.45) is 0 Å². The summed E-state index contributed by atoms with van der Waals surface area (Å²) in [6, 6.07) is 9.70. The normalized spacial score (nSPS) is 12.4. The van der Waals surface area contributed by atoms with Crippen molar-refractivity contribution in [1.82, 2.24) is 0 Å². The van der Waals surface area contributed by atoms with E-state index in [1.165, 1.54) is 12.2 Å². The summed E-state index contributed by atoms with van der Waals surface area (Å²) in [5.41, 5.74) is 0.842. The molecule has 1 heterocycles. The van der Waals surface area contributed by atoms with Crippen LogP contribution in [0.4, 0.5) is 0 Å². The summed E-state index contributed by atoms with van der Waals surface area (Å²) in [5.74, 6) is 0.862. The van der Waals surface area contributed by atoms with Crippen molar-refractivity contribution in [2.45, 2.75) is 0 Å². The van der Waals surface area contributed by atoms with Crippen molar-refractivity contribution in [3.8, 4) is 0 Å². The molecule has 1 N–H and O–H groups in total. The second-order valence-electron chi connectivity index (χ2n) is 3.35. The Balaban J connectivity index is 2.28. The molecule has 2 nitrogen and oxygen atoms in total. The number of furan rings is 1. The number of rotatable bonds is 3. The number of allylic oxidation sites excluding steroid dienone is 3. The zero-order valence-corrected chi connectivity index (χ0v) is 8.76. The Kier molecular flexibility index (Phi) is 2.92. The Morgan fingerprint density at radius 2 is 2.12 bits per heavy atom. The molecular weight excluding hydrogens is 200 g/mol. The smallest absolute Gasteiger partial charge is 0.134 e. The van der Waals surface area contributed by atoms with Crippen LogP contribution in [0.1, 0.15) is 5.76 Å². The molecule has 0 amide bonds. The summed E-state index contributed by atoms with van der Waals surface area (Å²) in [4.78, 5) is 0. The lowest BCUT2D eigenvalue weighted by molar-refractivity contribution is 0.433. The molecule has 0 aliphatic heterocycles. The van der Waals surface area contributed by atoms with Gasteiger partial charge in [0.15, 0.2) is 0 Å². The summed E-state index contributed by atoms with van der Waals surface area (Å²) in [6.45, 7) is 3.50. The third-order valence-corrected chi connectivity index (χ3v) is 2.15. The van der Waals surface area contributed by atoms with Gasteiger partial charge in [0.25, 0.3) is 0 Å². The number of fused-ring (bicyclic) bond motifs is 1. The fourth-order valence-corrected chi connectivity index (χ4v) is 1.43. The van der Waals surface area contributed by atoms with Gasteiger partial charge in [0, 0.05) is 5.39 Å². The molecular formula is C14H12O2. The van der Waals surface area contributed by atoms with E-state index in [1.807, 2.05) is 30.3 Å². The monoisotopic (exact) mass is 212 g/mol. The molecule has 0 saturated heterocycles. The van der Waals surface area contributed by atoms with E-state index < -0.39 is 0 Å². The molecule has 0 atom stereocenters. The molecule has 1 aromatic heterocycles. The SMILES string of the molecule is C=C/C=C(O)\C=C\c1cc2ccccc2o1. The van der Waals surface area contributed by atoms with Crippen LogP contribution in [0.5, 0.6) is 0 Å². The van der Waals surface area contributed by atoms with E-state index in [4.69, 9.17) is 4.42 Å². The van der Waals surface area contributed by atoms with E-state index >= 15 is 0 Å². The minimum atomic E-state index is 0.149. The maximum atomic E-state index is 9.35. The summed E-state index contributed by atoms with van der Waals surface area (Å²) >= 11 is 0. The first-order valence-electron chi connectivity index (χ1n) is 4.98. The van der Waals surface area contributed by atoms with Gasteiger partial charge in [-0.15, -0.1) is 0 Å². The van der Waals surface area contributed by atoms with E-state index in [0.717, 1.165) is 11.0 Å². The van der Waals surface area contributed by atoms with Crippen LogP contribution in [0.2, 0.25) is 0 Å². The maximum Gasteiger partial charge on any atom is 0.134 e. The van der Waals surface area contributed by atoms with Gasteiger partial charge in [-0.05, 0) is 30.4 Å². The molecule has 0 aliphatic rings. The average Bonchev–Trinajstić information content (AvgIpc) is 2.69. The molecule has 0 radical (unpaired) electrons. The molecule has 2 aromatic rings. The van der Waals surface area contributed by atoms with Gasteiger partial charge in [-0.2, -0.15) is 0 Å². The largest absolute Gasteiger partial charge is 0.508 e. The lowest BCUT2D eigenvalue weighted by Crippen LogP contribution is -1.70. The van der Waals surface area contributed by atoms with E-state index in [0.29, 0.717) is 5.76 Å². The van der Waals surface area contributed by atoms with Crippen molar-refractivity contribution < 1.29 is 9.52 Å². The summed E-state index contributed by atoms with van der Waals surface area (Å²) < 4.78 is 5.55. The Hall–Kier alpha value is -2.22. The third kappa shape index (κ3) is 2.23. The fourth-order valence-electron chi connectivity index (χ4n) is 1.43. The molecule has 0 aliphatic carbocycles. The summed E-state index contributed by atoms with van der Waals surface area (Å²) in [6.07, 6.45) is 6.33. The van der Waals surface area contributed by atoms with Crippen LogP contribution in [0.25, 0.3) is 17.0 Å². The van der Waals surface area contributed by atoms with Crippen molar-refractivity contribution in [3.05, 3.63) is 66.7 Å². The quantitative estimate of drug-likeness (QED) is 0.614. The average molecular weight is 212 g/mol. The lowest BCUT2D eigenvalue weighted by atomic mass is 10.2. The highest BCUT2D eigenvalue weighted by molar-refractivity contribution is 5.79. The number of aliphatic hydroxyl groups excluding tert-OH is 1. The molecule has 0 spiro atoms. The number of hydrogen-bond donors (Lipinski definition) is 1. The van der Waals surface area contributed by atoms with Crippen LogP contribution >= 0.6 is 0 Å². The minimum Gasteiger partial charge on any atom is -0.508 e. The Morgan fingerprint density at radius 1 is 1.31 bits per heavy atom. The first-order chi connectivity index (χ1) is 7.79. The minimum absolute atomic E-state index is 0.149. The number of para-hydroxylation sites is 1. The van der Waals surface area contributed by atoms with Gasteiger partial charge < -0.3 is 9.52 Å². The summed E-state index contributed by atoms with van der Waals surface area (Å²) in [5, 5.41) is 10.4. The van der Waals surface area contributed by atoms with Gasteiger partial charge in [0.05, 0.1) is 0 Å². The van der Waals surface area contributed by atoms with Gasteiger partial charge in [-0.1, -0.05) is 30.9 Å². The molecule has 0 saturated carbocycles. The molecule has 2 rings (SSSR count). The van der Waals surface area contributed by atoms with Crippen molar-refractivity contribution in [1.29, 1.82) is 0 Å². The third-order valence-electron chi connectivity index (χ3n) is 2.15. The highest BCUT2D eigenvalue weighted by Gasteiger charge is 1.98. The van der Waals surface area contributed by atoms with Crippen molar-refractivity contribution in [3.63, 3.8) is 0 Å². The van der Waals surface area contributed by atoms with Crippen LogP contribution in [0.15, 0.2) is 65.3 Å². The zero-order valence-electron chi connectivity index (χ0n) is 8.76. The van der Waals surface area contributed by atoms with Gasteiger partial charge >= 0.3 is 0 Å². The molecule has 16 heavy (non-hydrogen) atoms. The number of hydrogen-bond acceptors (Lipinski definition) is 2. The lowest BCUT2D eigenvalue weighted by Gasteiger charge is -1.87. The fraction of sp³-hybridized carbons (Fsp3) is 0. The Bertz CT molecular complexity index is 526. The Morgan fingerprint density at radius 3 is 2.88 bits per heavy atom. The van der Waals surface area contributed by atoms with E-state index in [9.17, 15) is 5.11 Å². The molecule has 0 unspecified atom stereocenters.